The predicted octanol–water partition coefficient (Wildman–Crippen LogP) is 4.36. The highest BCUT2D eigenvalue weighted by Crippen LogP contribution is 2.41. The molecule has 1 unspecified atom stereocenters. The number of benzene rings is 1. The Kier molecular flexibility index (Phi) is 5.11. The molecule has 0 N–H and O–H groups in total. The standard InChI is InChI=1S/C20H29NO3/c1-6-8-18-15-10-9-14(24-13-19(22)23-7-2)11-16(15)17(12-21-18)20(3,4)5/h9-11,17H,6-8,12-13H2,1-5H3/i12D2. The summed E-state index contributed by atoms with van der Waals surface area (Å²) in [6, 6.07) is 5.59. The molecular weight excluding hydrogens is 302 g/mol. The second kappa shape index (κ2) is 7.82. The summed E-state index contributed by atoms with van der Waals surface area (Å²) < 4.78 is 27.5. The van der Waals surface area contributed by atoms with E-state index in [0.717, 1.165) is 29.7 Å². The molecule has 1 aromatic rings. The number of aliphatic imine (C=N–C) groups is 1. The zero-order valence-electron chi connectivity index (χ0n) is 17.3. The maximum Gasteiger partial charge on any atom is 0.344 e. The number of hydrogen-bond donors (Lipinski definition) is 0. The number of esters is 1. The van der Waals surface area contributed by atoms with Crippen molar-refractivity contribution in [3.8, 4) is 5.75 Å². The molecule has 0 radical (unpaired) electrons. The van der Waals surface area contributed by atoms with Crippen molar-refractivity contribution >= 4 is 11.7 Å². The fourth-order valence-corrected chi connectivity index (χ4v) is 2.84. The Balaban J connectivity index is 2.43. The lowest BCUT2D eigenvalue weighted by Crippen LogP contribution is -2.27. The molecule has 1 aromatic carbocycles. The van der Waals surface area contributed by atoms with Gasteiger partial charge in [0.25, 0.3) is 0 Å². The van der Waals surface area contributed by atoms with Crippen LogP contribution in [0.5, 0.6) is 5.75 Å². The minimum absolute atomic E-state index is 0.157. The fourth-order valence-electron chi connectivity index (χ4n) is 2.84. The quantitative estimate of drug-likeness (QED) is 0.727. The molecule has 1 heterocycles. The second-order valence-electron chi connectivity index (χ2n) is 7.08. The molecule has 132 valence electrons. The molecule has 4 nitrogen and oxygen atoms in total. The maximum atomic E-state index is 11.5. The fraction of sp³-hybridized carbons (Fsp3) is 0.600. The maximum absolute atomic E-state index is 11.5. The highest BCUT2D eigenvalue weighted by molar-refractivity contribution is 6.03. The Hall–Kier alpha value is -1.84. The summed E-state index contributed by atoms with van der Waals surface area (Å²) in [7, 11) is 0. The molecule has 0 amide bonds. The third kappa shape index (κ3) is 4.37. The molecule has 4 heteroatoms. The summed E-state index contributed by atoms with van der Waals surface area (Å²) in [6.07, 6.45) is 1.63. The number of carbonyl (C=O) groups is 1. The van der Waals surface area contributed by atoms with Crippen molar-refractivity contribution in [1.82, 2.24) is 0 Å². The highest BCUT2D eigenvalue weighted by Gasteiger charge is 2.32. The zero-order valence-corrected chi connectivity index (χ0v) is 15.3. The molecule has 0 aromatic heterocycles. The minimum Gasteiger partial charge on any atom is -0.482 e. The normalized spacial score (nSPS) is 20.4. The number of fused-ring (bicyclic) bond motifs is 1. The molecule has 1 aliphatic rings. The van der Waals surface area contributed by atoms with E-state index in [1.54, 1.807) is 6.92 Å². The van der Waals surface area contributed by atoms with E-state index in [1.807, 2.05) is 39.0 Å². The lowest BCUT2D eigenvalue weighted by atomic mass is 9.73. The average Bonchev–Trinajstić information content (AvgIpc) is 2.51. The topological polar surface area (TPSA) is 47.9 Å². The molecule has 0 saturated heterocycles. The van der Waals surface area contributed by atoms with Gasteiger partial charge in [0, 0.05) is 18.1 Å². The summed E-state index contributed by atoms with van der Waals surface area (Å²) in [6.45, 7) is 8.34. The molecule has 0 bridgehead atoms. The lowest BCUT2D eigenvalue weighted by Gasteiger charge is -2.35. The first-order valence-corrected chi connectivity index (χ1v) is 8.61. The molecule has 1 atom stereocenters. The van der Waals surface area contributed by atoms with E-state index in [9.17, 15) is 4.79 Å². The summed E-state index contributed by atoms with van der Waals surface area (Å²) >= 11 is 0. The minimum atomic E-state index is -1.69. The Morgan fingerprint density at radius 3 is 2.75 bits per heavy atom. The molecule has 0 aliphatic carbocycles. The van der Waals surface area contributed by atoms with Gasteiger partial charge in [0.1, 0.15) is 5.75 Å². The number of hydrogen-bond acceptors (Lipinski definition) is 4. The molecule has 0 saturated carbocycles. The highest BCUT2D eigenvalue weighted by atomic mass is 16.6. The average molecular weight is 333 g/mol. The summed E-state index contributed by atoms with van der Waals surface area (Å²) in [5, 5.41) is 0. The third-order valence-corrected chi connectivity index (χ3v) is 3.99. The van der Waals surface area contributed by atoms with Gasteiger partial charge in [-0.2, -0.15) is 0 Å². The number of rotatable bonds is 6. The predicted molar refractivity (Wildman–Crippen MR) is 97.1 cm³/mol. The molecular formula is C20H29NO3. The van der Waals surface area contributed by atoms with Crippen LogP contribution in [0.3, 0.4) is 0 Å². The molecule has 0 fully saturated rings. The van der Waals surface area contributed by atoms with Crippen LogP contribution in [0.15, 0.2) is 23.2 Å². The van der Waals surface area contributed by atoms with Crippen LogP contribution >= 0.6 is 0 Å². The first-order valence-electron chi connectivity index (χ1n) is 9.61. The van der Waals surface area contributed by atoms with E-state index >= 15 is 0 Å². The van der Waals surface area contributed by atoms with E-state index in [-0.39, 0.29) is 12.0 Å². The van der Waals surface area contributed by atoms with Crippen LogP contribution in [-0.2, 0) is 9.53 Å². The van der Waals surface area contributed by atoms with Gasteiger partial charge in [0.05, 0.1) is 9.35 Å². The molecule has 0 spiro atoms. The van der Waals surface area contributed by atoms with E-state index in [2.05, 4.69) is 11.9 Å². The van der Waals surface area contributed by atoms with Gasteiger partial charge < -0.3 is 9.47 Å². The Morgan fingerprint density at radius 1 is 1.38 bits per heavy atom. The van der Waals surface area contributed by atoms with Crippen molar-refractivity contribution in [2.45, 2.75) is 53.4 Å². The van der Waals surface area contributed by atoms with Gasteiger partial charge in [-0.1, -0.05) is 34.1 Å². The second-order valence-corrected chi connectivity index (χ2v) is 7.08. The Morgan fingerprint density at radius 2 is 2.12 bits per heavy atom. The summed E-state index contributed by atoms with van der Waals surface area (Å²) in [5.74, 6) is -0.280. The summed E-state index contributed by atoms with van der Waals surface area (Å²) in [5.41, 5.74) is 2.34. The van der Waals surface area contributed by atoms with Crippen molar-refractivity contribution in [2.24, 2.45) is 10.4 Å². The van der Waals surface area contributed by atoms with Crippen LogP contribution < -0.4 is 4.74 Å². The van der Waals surface area contributed by atoms with Crippen LogP contribution in [0.2, 0.25) is 0 Å². The third-order valence-electron chi connectivity index (χ3n) is 3.99. The van der Waals surface area contributed by atoms with E-state index in [1.165, 1.54) is 0 Å². The largest absolute Gasteiger partial charge is 0.482 e. The molecule has 24 heavy (non-hydrogen) atoms. The van der Waals surface area contributed by atoms with Gasteiger partial charge in [-0.3, -0.25) is 4.99 Å². The van der Waals surface area contributed by atoms with Crippen LogP contribution in [0.25, 0.3) is 0 Å². The molecule has 2 rings (SSSR count). The summed E-state index contributed by atoms with van der Waals surface area (Å²) in [4.78, 5) is 16.0. The van der Waals surface area contributed by atoms with E-state index in [0.29, 0.717) is 12.4 Å². The number of ether oxygens (including phenoxy) is 2. The Bertz CT molecular complexity index is 693. The van der Waals surface area contributed by atoms with Crippen LogP contribution in [-0.4, -0.2) is 31.4 Å². The van der Waals surface area contributed by atoms with Crippen molar-refractivity contribution in [3.63, 3.8) is 0 Å². The van der Waals surface area contributed by atoms with Crippen molar-refractivity contribution in [1.29, 1.82) is 0 Å². The van der Waals surface area contributed by atoms with Gasteiger partial charge in [-0.05, 0) is 48.1 Å². The van der Waals surface area contributed by atoms with Gasteiger partial charge in [-0.15, -0.1) is 0 Å². The SMILES string of the molecule is [2H]C1([2H])N=C(CCC)c2ccc(OCC(=O)OCC)cc2C1C(C)(C)C. The van der Waals surface area contributed by atoms with Crippen LogP contribution in [0.4, 0.5) is 0 Å². The first kappa shape index (κ1) is 15.7. The van der Waals surface area contributed by atoms with Crippen molar-refractivity contribution in [3.05, 3.63) is 29.3 Å². The smallest absolute Gasteiger partial charge is 0.344 e. The van der Waals surface area contributed by atoms with Gasteiger partial charge >= 0.3 is 5.97 Å². The van der Waals surface area contributed by atoms with E-state index < -0.39 is 18.4 Å². The monoisotopic (exact) mass is 333 g/mol. The van der Waals surface area contributed by atoms with Crippen LogP contribution in [0.1, 0.15) is 67.2 Å². The van der Waals surface area contributed by atoms with Crippen molar-refractivity contribution in [2.75, 3.05) is 19.7 Å². The van der Waals surface area contributed by atoms with Crippen molar-refractivity contribution < 1.29 is 17.0 Å². The van der Waals surface area contributed by atoms with E-state index in [4.69, 9.17) is 12.2 Å². The van der Waals surface area contributed by atoms with Crippen LogP contribution in [0, 0.1) is 5.41 Å². The van der Waals surface area contributed by atoms with Gasteiger partial charge in [-0.25, -0.2) is 4.79 Å². The molecule has 1 aliphatic heterocycles. The zero-order chi connectivity index (χ0) is 19.5. The Labute approximate surface area is 148 Å². The lowest BCUT2D eigenvalue weighted by molar-refractivity contribution is -0.145. The number of carbonyl (C=O) groups excluding carboxylic acids is 1. The number of nitrogens with zero attached hydrogens (tertiary/aromatic N) is 1. The first-order chi connectivity index (χ1) is 12.1. The van der Waals surface area contributed by atoms with Gasteiger partial charge in [0.15, 0.2) is 6.61 Å². The van der Waals surface area contributed by atoms with Gasteiger partial charge in [0.2, 0.25) is 0 Å².